The van der Waals surface area contributed by atoms with Crippen molar-refractivity contribution in [2.45, 2.75) is 64.1 Å². The SMILES string of the molecule is C[C@]12C=CC(=O)C(Cl)=C1CC[C@@H]1[C@H]2CC[C@@]2(C)[C@H]1CCC2(O)C(F)(F)F. The van der Waals surface area contributed by atoms with E-state index in [4.69, 9.17) is 11.6 Å². The molecular formula is C20H24ClF3O2. The summed E-state index contributed by atoms with van der Waals surface area (Å²) in [5, 5.41) is 10.9. The van der Waals surface area contributed by atoms with Crippen molar-refractivity contribution >= 4 is 17.4 Å². The van der Waals surface area contributed by atoms with Gasteiger partial charge in [-0.3, -0.25) is 4.79 Å². The molecule has 4 rings (SSSR count). The van der Waals surface area contributed by atoms with E-state index in [9.17, 15) is 23.1 Å². The number of carbonyl (C=O) groups is 1. The van der Waals surface area contributed by atoms with Gasteiger partial charge in [0.25, 0.3) is 0 Å². The van der Waals surface area contributed by atoms with Gasteiger partial charge < -0.3 is 5.11 Å². The molecule has 6 atom stereocenters. The Morgan fingerprint density at radius 3 is 2.46 bits per heavy atom. The molecule has 0 aromatic carbocycles. The molecule has 4 aliphatic rings. The summed E-state index contributed by atoms with van der Waals surface area (Å²) < 4.78 is 41.1. The highest BCUT2D eigenvalue weighted by molar-refractivity contribution is 6.45. The molecule has 0 aromatic rings. The molecule has 0 radical (unpaired) electrons. The Kier molecular flexibility index (Phi) is 3.84. The van der Waals surface area contributed by atoms with Crippen LogP contribution in [-0.4, -0.2) is 22.7 Å². The minimum atomic E-state index is -4.60. The molecule has 0 heterocycles. The number of halogens is 4. The summed E-state index contributed by atoms with van der Waals surface area (Å²) >= 11 is 6.30. The smallest absolute Gasteiger partial charge is 0.380 e. The van der Waals surface area contributed by atoms with Gasteiger partial charge in [-0.05, 0) is 67.9 Å². The molecule has 4 aliphatic carbocycles. The second kappa shape index (κ2) is 5.38. The third kappa shape index (κ3) is 2.07. The van der Waals surface area contributed by atoms with E-state index in [1.54, 1.807) is 6.92 Å². The summed E-state index contributed by atoms with van der Waals surface area (Å²) in [6.07, 6.45) is 1.35. The first kappa shape index (κ1) is 18.5. The third-order valence-corrected chi connectivity index (χ3v) is 8.68. The van der Waals surface area contributed by atoms with E-state index in [-0.39, 0.29) is 35.4 Å². The summed E-state index contributed by atoms with van der Waals surface area (Å²) in [4.78, 5) is 11.9. The Hall–Kier alpha value is -0.810. The predicted octanol–water partition coefficient (Wildman–Crippen LogP) is 5.15. The molecule has 1 unspecified atom stereocenters. The van der Waals surface area contributed by atoms with Crippen LogP contribution in [0.3, 0.4) is 0 Å². The van der Waals surface area contributed by atoms with Gasteiger partial charge in [0, 0.05) is 10.8 Å². The highest BCUT2D eigenvalue weighted by Gasteiger charge is 2.72. The van der Waals surface area contributed by atoms with Crippen LogP contribution in [0, 0.1) is 28.6 Å². The molecule has 0 aliphatic heterocycles. The summed E-state index contributed by atoms with van der Waals surface area (Å²) in [6.45, 7) is 3.70. The number of alkyl halides is 3. The average molecular weight is 389 g/mol. The predicted molar refractivity (Wildman–Crippen MR) is 92.4 cm³/mol. The first-order chi connectivity index (χ1) is 12.0. The monoisotopic (exact) mass is 388 g/mol. The zero-order valence-corrected chi connectivity index (χ0v) is 15.8. The molecule has 2 nitrogen and oxygen atoms in total. The van der Waals surface area contributed by atoms with Gasteiger partial charge in [-0.25, -0.2) is 0 Å². The highest BCUT2D eigenvalue weighted by Crippen LogP contribution is 2.69. The number of ketones is 1. The quantitative estimate of drug-likeness (QED) is 0.622. The van der Waals surface area contributed by atoms with Gasteiger partial charge >= 0.3 is 6.18 Å². The van der Waals surface area contributed by atoms with Crippen LogP contribution in [0.4, 0.5) is 13.2 Å². The molecule has 3 fully saturated rings. The first-order valence-corrected chi connectivity index (χ1v) is 9.75. The molecular weight excluding hydrogens is 365 g/mol. The van der Waals surface area contributed by atoms with E-state index < -0.39 is 17.2 Å². The fourth-order valence-electron chi connectivity index (χ4n) is 6.76. The Morgan fingerprint density at radius 1 is 1.15 bits per heavy atom. The maximum absolute atomic E-state index is 13.7. The second-order valence-corrected chi connectivity index (χ2v) is 9.42. The molecule has 0 bridgehead atoms. The van der Waals surface area contributed by atoms with E-state index in [0.717, 1.165) is 12.0 Å². The zero-order chi connectivity index (χ0) is 19.1. The molecule has 0 amide bonds. The summed E-state index contributed by atoms with van der Waals surface area (Å²) in [7, 11) is 0. The van der Waals surface area contributed by atoms with Crippen LogP contribution in [0.2, 0.25) is 0 Å². The van der Waals surface area contributed by atoms with Crippen LogP contribution >= 0.6 is 11.6 Å². The summed E-state index contributed by atoms with van der Waals surface area (Å²) in [6, 6.07) is 0. The molecule has 144 valence electrons. The second-order valence-electron chi connectivity index (χ2n) is 9.04. The molecule has 26 heavy (non-hydrogen) atoms. The van der Waals surface area contributed by atoms with E-state index in [1.807, 2.05) is 6.08 Å². The summed E-state index contributed by atoms with van der Waals surface area (Å²) in [5.41, 5.74) is -3.15. The largest absolute Gasteiger partial charge is 0.417 e. The van der Waals surface area contributed by atoms with Crippen LogP contribution in [0.5, 0.6) is 0 Å². The Balaban J connectivity index is 1.73. The van der Waals surface area contributed by atoms with Crippen LogP contribution in [-0.2, 0) is 4.79 Å². The number of carbonyl (C=O) groups excluding carboxylic acids is 1. The lowest BCUT2D eigenvalue weighted by molar-refractivity contribution is -0.302. The average Bonchev–Trinajstić information content (AvgIpc) is 2.84. The van der Waals surface area contributed by atoms with Crippen molar-refractivity contribution in [2.24, 2.45) is 28.6 Å². The van der Waals surface area contributed by atoms with E-state index in [2.05, 4.69) is 6.92 Å². The fourth-order valence-corrected chi connectivity index (χ4v) is 7.12. The standard InChI is InChI=1S/C20H24ClF3O2/c1-17-8-7-15(25)16(21)14(17)4-3-11-12(17)5-9-18(2)13(11)6-10-19(18,26)20(22,23)24/h7-8,11-13,26H,3-6,9-10H2,1-2H3/t11-,12-,13+,17-,18+,19?/m1/s1. The maximum Gasteiger partial charge on any atom is 0.417 e. The highest BCUT2D eigenvalue weighted by atomic mass is 35.5. The third-order valence-electron chi connectivity index (χ3n) is 8.27. The maximum atomic E-state index is 13.7. The van der Waals surface area contributed by atoms with Crippen molar-refractivity contribution in [1.29, 1.82) is 0 Å². The Labute approximate surface area is 156 Å². The normalized spacial score (nSPS) is 48.3. The van der Waals surface area contributed by atoms with Crippen LogP contribution in [0.15, 0.2) is 22.8 Å². The van der Waals surface area contributed by atoms with E-state index in [0.29, 0.717) is 30.7 Å². The molecule has 0 spiro atoms. The number of aliphatic hydroxyl groups is 1. The number of rotatable bonds is 0. The van der Waals surface area contributed by atoms with Gasteiger partial charge in [-0.1, -0.05) is 31.5 Å². The van der Waals surface area contributed by atoms with Gasteiger partial charge in [-0.2, -0.15) is 13.2 Å². The number of hydrogen-bond donors (Lipinski definition) is 1. The van der Waals surface area contributed by atoms with Gasteiger partial charge in [0.2, 0.25) is 0 Å². The zero-order valence-electron chi connectivity index (χ0n) is 15.0. The van der Waals surface area contributed by atoms with Crippen molar-refractivity contribution in [3.05, 3.63) is 22.8 Å². The molecule has 0 saturated heterocycles. The van der Waals surface area contributed by atoms with Gasteiger partial charge in [-0.15, -0.1) is 0 Å². The van der Waals surface area contributed by atoms with Crippen molar-refractivity contribution in [1.82, 2.24) is 0 Å². The molecule has 6 heteroatoms. The minimum Gasteiger partial charge on any atom is -0.380 e. The van der Waals surface area contributed by atoms with Gasteiger partial charge in [0.15, 0.2) is 11.4 Å². The van der Waals surface area contributed by atoms with E-state index >= 15 is 0 Å². The van der Waals surface area contributed by atoms with Crippen LogP contribution in [0.1, 0.15) is 52.4 Å². The van der Waals surface area contributed by atoms with Crippen LogP contribution in [0.25, 0.3) is 0 Å². The first-order valence-electron chi connectivity index (χ1n) is 9.37. The molecule has 1 N–H and O–H groups in total. The number of fused-ring (bicyclic) bond motifs is 5. The Morgan fingerprint density at radius 2 is 1.81 bits per heavy atom. The lowest BCUT2D eigenvalue weighted by atomic mass is 9.47. The van der Waals surface area contributed by atoms with E-state index in [1.165, 1.54) is 6.08 Å². The minimum absolute atomic E-state index is 0.112. The lowest BCUT2D eigenvalue weighted by Gasteiger charge is -2.58. The van der Waals surface area contributed by atoms with Crippen LogP contribution < -0.4 is 0 Å². The lowest BCUT2D eigenvalue weighted by Crippen LogP contribution is -2.59. The Bertz CT molecular complexity index is 727. The van der Waals surface area contributed by atoms with Crippen molar-refractivity contribution in [3.63, 3.8) is 0 Å². The number of allylic oxidation sites excluding steroid dienone is 4. The van der Waals surface area contributed by atoms with Gasteiger partial charge in [0.05, 0.1) is 5.03 Å². The number of hydrogen-bond acceptors (Lipinski definition) is 2. The topological polar surface area (TPSA) is 37.3 Å². The van der Waals surface area contributed by atoms with Crippen molar-refractivity contribution < 1.29 is 23.1 Å². The summed E-state index contributed by atoms with van der Waals surface area (Å²) in [5.74, 6) is -0.0548. The van der Waals surface area contributed by atoms with Crippen molar-refractivity contribution in [3.8, 4) is 0 Å². The van der Waals surface area contributed by atoms with Gasteiger partial charge in [0.1, 0.15) is 0 Å². The van der Waals surface area contributed by atoms with Crippen molar-refractivity contribution in [2.75, 3.05) is 0 Å². The molecule has 0 aromatic heterocycles. The molecule has 3 saturated carbocycles. The fraction of sp³-hybridized carbons (Fsp3) is 0.750.